The Morgan fingerprint density at radius 1 is 1.34 bits per heavy atom. The van der Waals surface area contributed by atoms with Crippen molar-refractivity contribution in [1.82, 2.24) is 9.36 Å². The highest BCUT2D eigenvalue weighted by molar-refractivity contribution is 7.91. The summed E-state index contributed by atoms with van der Waals surface area (Å²) < 4.78 is 32.9. The van der Waals surface area contributed by atoms with Crippen LogP contribution in [0.15, 0.2) is 53.2 Å². The number of ether oxygens (including phenoxy) is 1. The molecule has 0 fully saturated rings. The first-order chi connectivity index (χ1) is 16.6. The fourth-order valence-electron chi connectivity index (χ4n) is 2.69. The number of nitrogens with zero attached hydrogens (tertiary/aromatic N) is 4. The van der Waals surface area contributed by atoms with E-state index in [1.54, 1.807) is 30.3 Å². The molecule has 0 aliphatic carbocycles. The SMILES string of the molecule is CCS(=O)(=O)c1nsc(NC(=O)/C(C#N)=C\c2ccc(OCc3ccccc3[N+](=O)[O-])c(Cl)c2)n1. The van der Waals surface area contributed by atoms with Gasteiger partial charge in [0.05, 0.1) is 21.3 Å². The van der Waals surface area contributed by atoms with E-state index in [4.69, 9.17) is 16.3 Å². The topological polar surface area (TPSA) is 165 Å². The van der Waals surface area contributed by atoms with Gasteiger partial charge in [0.1, 0.15) is 24.0 Å². The summed E-state index contributed by atoms with van der Waals surface area (Å²) in [5.41, 5.74) is 0.409. The number of sulfone groups is 1. The van der Waals surface area contributed by atoms with Crippen molar-refractivity contribution in [3.63, 3.8) is 0 Å². The van der Waals surface area contributed by atoms with E-state index in [-0.39, 0.29) is 39.5 Å². The van der Waals surface area contributed by atoms with Crippen LogP contribution >= 0.6 is 23.1 Å². The molecule has 1 heterocycles. The number of carbonyl (C=O) groups excluding carboxylic acids is 1. The van der Waals surface area contributed by atoms with Gasteiger partial charge in [-0.2, -0.15) is 14.6 Å². The van der Waals surface area contributed by atoms with Crippen molar-refractivity contribution < 1.29 is 22.9 Å². The highest BCUT2D eigenvalue weighted by atomic mass is 35.5. The zero-order valence-electron chi connectivity index (χ0n) is 18.0. The van der Waals surface area contributed by atoms with Crippen LogP contribution in [0.25, 0.3) is 6.08 Å². The molecule has 14 heteroatoms. The van der Waals surface area contributed by atoms with E-state index >= 15 is 0 Å². The summed E-state index contributed by atoms with van der Waals surface area (Å²) in [4.78, 5) is 26.8. The van der Waals surface area contributed by atoms with Crippen molar-refractivity contribution in [2.24, 2.45) is 0 Å². The average molecular weight is 534 g/mol. The zero-order chi connectivity index (χ0) is 25.6. The fraction of sp³-hybridized carbons (Fsp3) is 0.143. The molecule has 0 radical (unpaired) electrons. The van der Waals surface area contributed by atoms with Gasteiger partial charge in [-0.05, 0) is 29.8 Å². The summed E-state index contributed by atoms with van der Waals surface area (Å²) >= 11 is 6.92. The first-order valence-corrected chi connectivity index (χ1v) is 12.6. The molecule has 35 heavy (non-hydrogen) atoms. The van der Waals surface area contributed by atoms with Crippen LogP contribution in [-0.4, -0.2) is 34.4 Å². The molecule has 0 spiro atoms. The number of hydrogen-bond acceptors (Lipinski definition) is 10. The van der Waals surface area contributed by atoms with Gasteiger partial charge in [-0.3, -0.25) is 20.2 Å². The fourth-order valence-corrected chi connectivity index (χ4v) is 4.51. The number of benzene rings is 2. The minimum absolute atomic E-state index is 0.0695. The molecule has 0 atom stereocenters. The van der Waals surface area contributed by atoms with Crippen molar-refractivity contribution in [3.8, 4) is 11.8 Å². The second-order valence-corrected chi connectivity index (χ2v) is 10.1. The molecule has 0 aliphatic rings. The number of nitro benzene ring substituents is 1. The molecule has 0 saturated carbocycles. The molecule has 1 aromatic heterocycles. The Morgan fingerprint density at radius 3 is 2.74 bits per heavy atom. The van der Waals surface area contributed by atoms with Gasteiger partial charge in [0, 0.05) is 17.6 Å². The van der Waals surface area contributed by atoms with Crippen LogP contribution < -0.4 is 10.1 Å². The van der Waals surface area contributed by atoms with E-state index < -0.39 is 25.8 Å². The lowest BCUT2D eigenvalue weighted by Crippen LogP contribution is -2.13. The molecule has 0 aliphatic heterocycles. The summed E-state index contributed by atoms with van der Waals surface area (Å²) in [6.07, 6.45) is 1.28. The average Bonchev–Trinajstić information content (AvgIpc) is 3.31. The summed E-state index contributed by atoms with van der Waals surface area (Å²) in [6.45, 7) is 1.35. The molecule has 180 valence electrons. The standard InChI is InChI=1S/C21H16ClN5O6S2/c1-2-35(31,32)21-25-20(34-26-21)24-19(28)15(11-23)9-13-7-8-18(16(22)10-13)33-12-14-5-3-4-6-17(14)27(29)30/h3-10H,2,12H2,1H3,(H,24,25,26,28)/b15-9-. The van der Waals surface area contributed by atoms with Gasteiger partial charge < -0.3 is 4.74 Å². The highest BCUT2D eigenvalue weighted by Gasteiger charge is 2.20. The number of nitrogens with one attached hydrogen (secondary N) is 1. The maximum absolute atomic E-state index is 12.4. The third kappa shape index (κ3) is 6.38. The smallest absolute Gasteiger partial charge is 0.276 e. The summed E-state index contributed by atoms with van der Waals surface area (Å²) in [7, 11) is -3.63. The zero-order valence-corrected chi connectivity index (χ0v) is 20.4. The number of halogens is 1. The minimum Gasteiger partial charge on any atom is -0.487 e. The number of aromatic nitrogens is 2. The molecule has 11 nitrogen and oxygen atoms in total. The molecule has 0 bridgehead atoms. The maximum Gasteiger partial charge on any atom is 0.276 e. The highest BCUT2D eigenvalue weighted by Crippen LogP contribution is 2.28. The van der Waals surface area contributed by atoms with Gasteiger partial charge in [-0.1, -0.05) is 36.7 Å². The van der Waals surface area contributed by atoms with Gasteiger partial charge >= 0.3 is 0 Å². The van der Waals surface area contributed by atoms with E-state index in [9.17, 15) is 28.6 Å². The second kappa shape index (κ2) is 11.0. The number of nitriles is 1. The Morgan fingerprint density at radius 2 is 2.09 bits per heavy atom. The lowest BCUT2D eigenvalue weighted by molar-refractivity contribution is -0.385. The maximum atomic E-state index is 12.4. The van der Waals surface area contributed by atoms with E-state index in [1.165, 1.54) is 31.2 Å². The normalized spacial score (nSPS) is 11.5. The number of rotatable bonds is 9. The first-order valence-electron chi connectivity index (χ1n) is 9.79. The molecule has 0 unspecified atom stereocenters. The van der Waals surface area contributed by atoms with Crippen LogP contribution in [0.2, 0.25) is 5.02 Å². The number of hydrogen-bond donors (Lipinski definition) is 1. The Balaban J connectivity index is 1.73. The van der Waals surface area contributed by atoms with Gasteiger partial charge in [-0.15, -0.1) is 0 Å². The third-order valence-corrected chi connectivity index (χ3v) is 7.03. The third-order valence-electron chi connectivity index (χ3n) is 4.49. The lowest BCUT2D eigenvalue weighted by atomic mass is 10.1. The molecular weight excluding hydrogens is 518 g/mol. The summed E-state index contributed by atoms with van der Waals surface area (Å²) in [5.74, 6) is -0.746. The number of carbonyl (C=O) groups is 1. The van der Waals surface area contributed by atoms with Gasteiger partial charge in [-0.25, -0.2) is 8.42 Å². The van der Waals surface area contributed by atoms with Crippen LogP contribution in [0.3, 0.4) is 0 Å². The van der Waals surface area contributed by atoms with E-state index in [0.29, 0.717) is 22.7 Å². The summed E-state index contributed by atoms with van der Waals surface area (Å²) in [5, 5.41) is 22.6. The lowest BCUT2D eigenvalue weighted by Gasteiger charge is -2.09. The van der Waals surface area contributed by atoms with Gasteiger partial charge in [0.15, 0.2) is 0 Å². The monoisotopic (exact) mass is 533 g/mol. The number of nitro groups is 1. The molecule has 1 N–H and O–H groups in total. The van der Waals surface area contributed by atoms with Crippen molar-refractivity contribution in [2.45, 2.75) is 18.7 Å². The molecular formula is C21H16ClN5O6S2. The minimum atomic E-state index is -3.63. The largest absolute Gasteiger partial charge is 0.487 e. The van der Waals surface area contributed by atoms with Gasteiger partial charge in [0.25, 0.3) is 16.8 Å². The van der Waals surface area contributed by atoms with Crippen LogP contribution in [-0.2, 0) is 21.2 Å². The number of para-hydroxylation sites is 1. The predicted molar refractivity (Wildman–Crippen MR) is 129 cm³/mol. The van der Waals surface area contributed by atoms with E-state index in [0.717, 1.165) is 0 Å². The predicted octanol–water partition coefficient (Wildman–Crippen LogP) is 4.02. The van der Waals surface area contributed by atoms with E-state index in [1.807, 2.05) is 0 Å². The van der Waals surface area contributed by atoms with Gasteiger partial charge in [0.2, 0.25) is 15.0 Å². The van der Waals surface area contributed by atoms with Crippen molar-refractivity contribution in [2.75, 3.05) is 11.1 Å². The Kier molecular flexibility index (Phi) is 8.13. The van der Waals surface area contributed by atoms with Crippen LogP contribution in [0.1, 0.15) is 18.1 Å². The van der Waals surface area contributed by atoms with Crippen LogP contribution in [0.5, 0.6) is 5.75 Å². The Bertz CT molecular complexity index is 1460. The van der Waals surface area contributed by atoms with Crippen molar-refractivity contribution in [1.29, 1.82) is 5.26 Å². The van der Waals surface area contributed by atoms with Crippen LogP contribution in [0.4, 0.5) is 10.8 Å². The van der Waals surface area contributed by atoms with E-state index in [2.05, 4.69) is 14.7 Å². The number of amides is 1. The molecule has 3 aromatic rings. The first kappa shape index (κ1) is 25.8. The summed E-state index contributed by atoms with van der Waals surface area (Å²) in [6, 6.07) is 12.4. The quantitative estimate of drug-likeness (QED) is 0.185. The van der Waals surface area contributed by atoms with Crippen LogP contribution in [0, 0.1) is 21.4 Å². The molecule has 0 saturated heterocycles. The second-order valence-electron chi connectivity index (χ2n) is 6.77. The van der Waals surface area contributed by atoms with Crippen molar-refractivity contribution in [3.05, 3.63) is 74.3 Å². The Hall–Kier alpha value is -3.86. The molecule has 3 rings (SSSR count). The Labute approximate surface area is 208 Å². The number of anilines is 1. The molecule has 2 aromatic carbocycles. The molecule has 1 amide bonds. The van der Waals surface area contributed by atoms with Crippen molar-refractivity contribution >= 4 is 55.8 Å².